The van der Waals surface area contributed by atoms with Crippen LogP contribution in [-0.2, 0) is 0 Å². The highest BCUT2D eigenvalue weighted by molar-refractivity contribution is 5.94. The SMILES string of the molecule is CC1CCCN(C(=O)c2ccnc(NN)c2)C1. The van der Waals surface area contributed by atoms with Crippen LogP contribution in [0.15, 0.2) is 18.3 Å². The molecule has 2 rings (SSSR count). The number of amides is 1. The fourth-order valence-electron chi connectivity index (χ4n) is 2.20. The second-order valence-electron chi connectivity index (χ2n) is 4.57. The molecule has 5 heteroatoms. The third-order valence-corrected chi connectivity index (χ3v) is 3.10. The van der Waals surface area contributed by atoms with E-state index in [2.05, 4.69) is 17.3 Å². The van der Waals surface area contributed by atoms with Crippen molar-refractivity contribution in [2.24, 2.45) is 11.8 Å². The summed E-state index contributed by atoms with van der Waals surface area (Å²) in [7, 11) is 0. The Labute approximate surface area is 101 Å². The van der Waals surface area contributed by atoms with E-state index in [-0.39, 0.29) is 5.91 Å². The highest BCUT2D eigenvalue weighted by atomic mass is 16.2. The second kappa shape index (κ2) is 5.14. The highest BCUT2D eigenvalue weighted by Gasteiger charge is 2.22. The predicted octanol–water partition coefficient (Wildman–Crippen LogP) is 1.24. The lowest BCUT2D eigenvalue weighted by molar-refractivity contribution is 0.0683. The zero-order valence-electron chi connectivity index (χ0n) is 10.0. The Morgan fingerprint density at radius 3 is 3.18 bits per heavy atom. The van der Waals surface area contributed by atoms with Gasteiger partial charge in [-0.1, -0.05) is 6.92 Å². The molecule has 0 radical (unpaired) electrons. The molecular weight excluding hydrogens is 216 g/mol. The molecular formula is C12H18N4O. The van der Waals surface area contributed by atoms with Gasteiger partial charge in [0.05, 0.1) is 0 Å². The molecule has 92 valence electrons. The fraction of sp³-hybridized carbons (Fsp3) is 0.500. The van der Waals surface area contributed by atoms with Crippen molar-refractivity contribution in [2.75, 3.05) is 18.5 Å². The number of pyridine rings is 1. The van der Waals surface area contributed by atoms with Crippen LogP contribution in [0.25, 0.3) is 0 Å². The van der Waals surface area contributed by atoms with Crippen LogP contribution in [0, 0.1) is 5.92 Å². The minimum Gasteiger partial charge on any atom is -0.338 e. The van der Waals surface area contributed by atoms with E-state index in [9.17, 15) is 4.79 Å². The molecule has 1 aromatic rings. The lowest BCUT2D eigenvalue weighted by atomic mass is 9.99. The van der Waals surface area contributed by atoms with Crippen molar-refractivity contribution in [3.63, 3.8) is 0 Å². The third kappa shape index (κ3) is 2.74. The van der Waals surface area contributed by atoms with E-state index in [0.29, 0.717) is 17.3 Å². The van der Waals surface area contributed by atoms with Gasteiger partial charge in [0, 0.05) is 24.8 Å². The van der Waals surface area contributed by atoms with Crippen LogP contribution in [0.3, 0.4) is 0 Å². The minimum atomic E-state index is 0.0652. The number of piperidine rings is 1. The molecule has 0 aliphatic carbocycles. The Morgan fingerprint density at radius 1 is 1.65 bits per heavy atom. The fourth-order valence-corrected chi connectivity index (χ4v) is 2.20. The van der Waals surface area contributed by atoms with Gasteiger partial charge in [-0.2, -0.15) is 0 Å². The lowest BCUT2D eigenvalue weighted by Gasteiger charge is -2.31. The number of nitrogens with zero attached hydrogens (tertiary/aromatic N) is 2. The van der Waals surface area contributed by atoms with E-state index < -0.39 is 0 Å². The van der Waals surface area contributed by atoms with E-state index in [1.807, 2.05) is 4.90 Å². The summed E-state index contributed by atoms with van der Waals surface area (Å²) in [5.41, 5.74) is 3.09. The number of anilines is 1. The van der Waals surface area contributed by atoms with Gasteiger partial charge in [-0.25, -0.2) is 10.8 Å². The number of nitrogens with one attached hydrogen (secondary N) is 1. The molecule has 0 aromatic carbocycles. The Balaban J connectivity index is 2.12. The molecule has 1 saturated heterocycles. The number of rotatable bonds is 2. The summed E-state index contributed by atoms with van der Waals surface area (Å²) in [6.07, 6.45) is 3.88. The number of carbonyl (C=O) groups is 1. The van der Waals surface area contributed by atoms with Gasteiger partial charge in [0.2, 0.25) is 0 Å². The number of carbonyl (C=O) groups excluding carboxylic acids is 1. The standard InChI is InChI=1S/C12H18N4O/c1-9-3-2-6-16(8-9)12(17)10-4-5-14-11(7-10)15-13/h4-5,7,9H,2-3,6,8,13H2,1H3,(H,14,15). The molecule has 1 aromatic heterocycles. The average molecular weight is 234 g/mol. The number of likely N-dealkylation sites (tertiary alicyclic amines) is 1. The van der Waals surface area contributed by atoms with Crippen LogP contribution in [0.2, 0.25) is 0 Å². The predicted molar refractivity (Wildman–Crippen MR) is 66.3 cm³/mol. The van der Waals surface area contributed by atoms with Crippen LogP contribution in [-0.4, -0.2) is 28.9 Å². The van der Waals surface area contributed by atoms with E-state index >= 15 is 0 Å². The number of nitrogens with two attached hydrogens (primary N) is 1. The van der Waals surface area contributed by atoms with Crippen molar-refractivity contribution in [3.05, 3.63) is 23.9 Å². The quantitative estimate of drug-likeness (QED) is 0.596. The summed E-state index contributed by atoms with van der Waals surface area (Å²) >= 11 is 0. The maximum atomic E-state index is 12.2. The Bertz CT molecular complexity index is 407. The first kappa shape index (κ1) is 11.9. The number of aromatic nitrogens is 1. The maximum absolute atomic E-state index is 12.2. The molecule has 17 heavy (non-hydrogen) atoms. The summed E-state index contributed by atoms with van der Waals surface area (Å²) in [5.74, 6) is 6.45. The maximum Gasteiger partial charge on any atom is 0.254 e. The summed E-state index contributed by atoms with van der Waals surface area (Å²) in [6, 6.07) is 3.41. The third-order valence-electron chi connectivity index (χ3n) is 3.10. The summed E-state index contributed by atoms with van der Waals surface area (Å²) in [6.45, 7) is 3.86. The van der Waals surface area contributed by atoms with Gasteiger partial charge in [-0.15, -0.1) is 0 Å². The number of hydrazine groups is 1. The summed E-state index contributed by atoms with van der Waals surface area (Å²) in [5, 5.41) is 0. The lowest BCUT2D eigenvalue weighted by Crippen LogP contribution is -2.39. The van der Waals surface area contributed by atoms with Crippen LogP contribution < -0.4 is 11.3 Å². The monoisotopic (exact) mass is 234 g/mol. The van der Waals surface area contributed by atoms with Crippen molar-refractivity contribution >= 4 is 11.7 Å². The van der Waals surface area contributed by atoms with Crippen molar-refractivity contribution in [2.45, 2.75) is 19.8 Å². The first-order valence-corrected chi connectivity index (χ1v) is 5.92. The van der Waals surface area contributed by atoms with Gasteiger partial charge >= 0.3 is 0 Å². The van der Waals surface area contributed by atoms with E-state index in [4.69, 9.17) is 5.84 Å². The van der Waals surface area contributed by atoms with Gasteiger partial charge in [-0.3, -0.25) is 4.79 Å². The molecule has 1 fully saturated rings. The van der Waals surface area contributed by atoms with Crippen LogP contribution in [0.4, 0.5) is 5.82 Å². The normalized spacial score (nSPS) is 20.1. The van der Waals surface area contributed by atoms with Gasteiger partial charge in [-0.05, 0) is 30.9 Å². The van der Waals surface area contributed by atoms with Crippen LogP contribution >= 0.6 is 0 Å². The number of hydrogen-bond donors (Lipinski definition) is 2. The first-order valence-electron chi connectivity index (χ1n) is 5.92. The molecule has 2 heterocycles. The molecule has 0 saturated carbocycles. The van der Waals surface area contributed by atoms with E-state index in [0.717, 1.165) is 19.5 Å². The van der Waals surface area contributed by atoms with E-state index in [1.54, 1.807) is 18.3 Å². The number of nitrogen functional groups attached to an aromatic ring is 1. The second-order valence-corrected chi connectivity index (χ2v) is 4.57. The smallest absolute Gasteiger partial charge is 0.254 e. The first-order chi connectivity index (χ1) is 8.20. The topological polar surface area (TPSA) is 71.2 Å². The van der Waals surface area contributed by atoms with Gasteiger partial charge in [0.1, 0.15) is 5.82 Å². The molecule has 1 atom stereocenters. The van der Waals surface area contributed by atoms with Crippen LogP contribution in [0.1, 0.15) is 30.1 Å². The van der Waals surface area contributed by atoms with Gasteiger partial charge in [0.15, 0.2) is 0 Å². The average Bonchev–Trinajstić information content (AvgIpc) is 2.38. The van der Waals surface area contributed by atoms with Crippen molar-refractivity contribution in [3.8, 4) is 0 Å². The molecule has 0 bridgehead atoms. The Morgan fingerprint density at radius 2 is 2.47 bits per heavy atom. The molecule has 1 unspecified atom stereocenters. The largest absolute Gasteiger partial charge is 0.338 e. The summed E-state index contributed by atoms with van der Waals surface area (Å²) in [4.78, 5) is 18.1. The Hall–Kier alpha value is -1.62. The molecule has 0 spiro atoms. The van der Waals surface area contributed by atoms with Crippen LogP contribution in [0.5, 0.6) is 0 Å². The van der Waals surface area contributed by atoms with Crippen molar-refractivity contribution in [1.29, 1.82) is 0 Å². The highest BCUT2D eigenvalue weighted by Crippen LogP contribution is 2.18. The Kier molecular flexibility index (Phi) is 3.58. The zero-order valence-corrected chi connectivity index (χ0v) is 10.0. The molecule has 3 N–H and O–H groups in total. The van der Waals surface area contributed by atoms with Crippen molar-refractivity contribution < 1.29 is 4.79 Å². The molecule has 1 amide bonds. The van der Waals surface area contributed by atoms with Gasteiger partial charge in [0.25, 0.3) is 5.91 Å². The van der Waals surface area contributed by atoms with Crippen molar-refractivity contribution in [1.82, 2.24) is 9.88 Å². The molecule has 1 aliphatic heterocycles. The number of hydrogen-bond acceptors (Lipinski definition) is 4. The molecule has 1 aliphatic rings. The van der Waals surface area contributed by atoms with E-state index in [1.165, 1.54) is 6.42 Å². The molecule has 5 nitrogen and oxygen atoms in total. The van der Waals surface area contributed by atoms with Gasteiger partial charge < -0.3 is 10.3 Å². The summed E-state index contributed by atoms with van der Waals surface area (Å²) < 4.78 is 0. The zero-order chi connectivity index (χ0) is 12.3. The minimum absolute atomic E-state index is 0.0652.